The zero-order valence-electron chi connectivity index (χ0n) is 16.6. The molecule has 0 spiro atoms. The van der Waals surface area contributed by atoms with Gasteiger partial charge in [-0.25, -0.2) is 15.0 Å². The van der Waals surface area contributed by atoms with Crippen LogP contribution in [0.25, 0.3) is 0 Å². The lowest BCUT2D eigenvalue weighted by Crippen LogP contribution is -2.38. The van der Waals surface area contributed by atoms with E-state index in [4.69, 9.17) is 16.6 Å². The normalized spacial score (nSPS) is 11.4. The molecule has 0 unspecified atom stereocenters. The second-order valence-corrected chi connectivity index (χ2v) is 7.91. The minimum Gasteiger partial charge on any atom is -0.357 e. The van der Waals surface area contributed by atoms with Crippen LogP contribution in [-0.4, -0.2) is 29.0 Å². The number of aliphatic imine (C=N–C) groups is 1. The van der Waals surface area contributed by atoms with Crippen molar-refractivity contribution in [3.63, 3.8) is 0 Å². The van der Waals surface area contributed by atoms with Crippen molar-refractivity contribution in [2.45, 2.75) is 32.7 Å². The van der Waals surface area contributed by atoms with E-state index in [1.807, 2.05) is 18.2 Å². The number of rotatable bonds is 9. The fourth-order valence-electron chi connectivity index (χ4n) is 2.81. The van der Waals surface area contributed by atoms with Gasteiger partial charge in [-0.1, -0.05) is 48.0 Å². The van der Waals surface area contributed by atoms with E-state index in [0.717, 1.165) is 54.6 Å². The summed E-state index contributed by atoms with van der Waals surface area (Å²) < 4.78 is 0. The van der Waals surface area contributed by atoms with Crippen molar-refractivity contribution in [1.29, 1.82) is 0 Å². The highest BCUT2D eigenvalue weighted by atomic mass is 35.5. The Morgan fingerprint density at radius 2 is 1.90 bits per heavy atom. The molecule has 5 nitrogen and oxygen atoms in total. The van der Waals surface area contributed by atoms with Crippen LogP contribution in [0, 0.1) is 0 Å². The quantitative estimate of drug-likeness (QED) is 0.304. The van der Waals surface area contributed by atoms with Crippen LogP contribution in [-0.2, 0) is 25.8 Å². The maximum Gasteiger partial charge on any atom is 0.191 e. The number of pyridine rings is 1. The Morgan fingerprint density at radius 1 is 1.03 bits per heavy atom. The topological polar surface area (TPSA) is 62.2 Å². The van der Waals surface area contributed by atoms with Gasteiger partial charge >= 0.3 is 0 Å². The Bertz CT molecular complexity index is 893. The average Bonchev–Trinajstić information content (AvgIpc) is 3.20. The smallest absolute Gasteiger partial charge is 0.191 e. The number of aryl methyl sites for hydroxylation is 2. The minimum absolute atomic E-state index is 0.517. The zero-order valence-corrected chi connectivity index (χ0v) is 18.1. The summed E-state index contributed by atoms with van der Waals surface area (Å²) in [6.45, 7) is 4.22. The molecule has 0 aliphatic carbocycles. The zero-order chi connectivity index (χ0) is 20.3. The van der Waals surface area contributed by atoms with Gasteiger partial charge in [0.05, 0.1) is 17.2 Å². The molecule has 29 heavy (non-hydrogen) atoms. The van der Waals surface area contributed by atoms with Crippen molar-refractivity contribution in [2.24, 2.45) is 4.99 Å². The van der Waals surface area contributed by atoms with E-state index in [2.05, 4.69) is 57.2 Å². The standard InChI is InChI=1S/C22H26ClN5S/c1-2-24-22(25-13-12-18-8-10-20(23)26-14-18)27-15-19-16-29-21(28-19)11-9-17-6-4-3-5-7-17/h3-8,10,14,16H,2,9,11-13,15H2,1H3,(H2,24,25,27). The van der Waals surface area contributed by atoms with E-state index in [9.17, 15) is 0 Å². The first-order valence-corrected chi connectivity index (χ1v) is 11.1. The lowest BCUT2D eigenvalue weighted by Gasteiger charge is -2.11. The molecule has 3 rings (SSSR count). The van der Waals surface area contributed by atoms with E-state index in [1.165, 1.54) is 5.56 Å². The summed E-state index contributed by atoms with van der Waals surface area (Å²) >= 11 is 7.54. The van der Waals surface area contributed by atoms with Gasteiger partial charge in [0.1, 0.15) is 5.15 Å². The largest absolute Gasteiger partial charge is 0.357 e. The molecule has 0 fully saturated rings. The van der Waals surface area contributed by atoms with Gasteiger partial charge in [-0.05, 0) is 37.0 Å². The molecule has 152 valence electrons. The summed E-state index contributed by atoms with van der Waals surface area (Å²) in [5.74, 6) is 0.799. The second-order valence-electron chi connectivity index (χ2n) is 6.58. The summed E-state index contributed by atoms with van der Waals surface area (Å²) in [4.78, 5) is 13.5. The molecule has 1 aromatic carbocycles. The Morgan fingerprint density at radius 3 is 2.66 bits per heavy atom. The highest BCUT2D eigenvalue weighted by Gasteiger charge is 2.04. The van der Waals surface area contributed by atoms with Crippen molar-refractivity contribution in [3.05, 3.63) is 81.0 Å². The molecule has 2 N–H and O–H groups in total. The molecule has 0 saturated carbocycles. The molecule has 0 amide bonds. The molecule has 0 bridgehead atoms. The van der Waals surface area contributed by atoms with Crippen molar-refractivity contribution < 1.29 is 0 Å². The summed E-state index contributed by atoms with van der Waals surface area (Å²) in [5.41, 5.74) is 3.49. The molecule has 0 saturated heterocycles. The minimum atomic E-state index is 0.517. The first kappa shape index (κ1) is 21.3. The van der Waals surface area contributed by atoms with Gasteiger partial charge in [-0.3, -0.25) is 0 Å². The number of nitrogens with one attached hydrogen (secondary N) is 2. The third-order valence-electron chi connectivity index (χ3n) is 4.31. The van der Waals surface area contributed by atoms with Gasteiger partial charge < -0.3 is 10.6 Å². The van der Waals surface area contributed by atoms with Gasteiger partial charge in [0.25, 0.3) is 0 Å². The van der Waals surface area contributed by atoms with Crippen molar-refractivity contribution in [1.82, 2.24) is 20.6 Å². The molecule has 2 aromatic heterocycles. The Labute approximate surface area is 181 Å². The van der Waals surface area contributed by atoms with Gasteiger partial charge in [0.15, 0.2) is 5.96 Å². The van der Waals surface area contributed by atoms with Crippen LogP contribution in [0.4, 0.5) is 0 Å². The maximum absolute atomic E-state index is 5.83. The van der Waals surface area contributed by atoms with Crippen molar-refractivity contribution in [2.75, 3.05) is 13.1 Å². The first-order chi connectivity index (χ1) is 14.2. The van der Waals surface area contributed by atoms with E-state index >= 15 is 0 Å². The van der Waals surface area contributed by atoms with Crippen LogP contribution >= 0.6 is 22.9 Å². The van der Waals surface area contributed by atoms with Crippen LogP contribution in [0.15, 0.2) is 59.0 Å². The Kier molecular flexibility index (Phi) is 8.46. The van der Waals surface area contributed by atoms with Crippen LogP contribution in [0.2, 0.25) is 5.15 Å². The van der Waals surface area contributed by atoms with Crippen LogP contribution in [0.5, 0.6) is 0 Å². The number of thiazole rings is 1. The van der Waals surface area contributed by atoms with E-state index in [0.29, 0.717) is 11.7 Å². The SMILES string of the molecule is CCNC(=NCc1csc(CCc2ccccc2)n1)NCCc1ccc(Cl)nc1. The molecular weight excluding hydrogens is 402 g/mol. The maximum atomic E-state index is 5.83. The molecule has 7 heteroatoms. The fourth-order valence-corrected chi connectivity index (χ4v) is 3.71. The molecule has 2 heterocycles. The number of benzene rings is 1. The Hall–Kier alpha value is -2.44. The molecule has 0 aliphatic rings. The van der Waals surface area contributed by atoms with Gasteiger partial charge in [-0.2, -0.15) is 0 Å². The molecule has 0 aliphatic heterocycles. The van der Waals surface area contributed by atoms with Gasteiger partial charge in [0.2, 0.25) is 0 Å². The number of aromatic nitrogens is 2. The molecule has 3 aromatic rings. The summed E-state index contributed by atoms with van der Waals surface area (Å²) in [6, 6.07) is 14.3. The van der Waals surface area contributed by atoms with Crippen LogP contribution in [0.1, 0.15) is 28.8 Å². The average molecular weight is 428 g/mol. The third kappa shape index (κ3) is 7.48. The number of hydrogen-bond acceptors (Lipinski definition) is 4. The lowest BCUT2D eigenvalue weighted by molar-refractivity contribution is 0.794. The number of nitrogens with zero attached hydrogens (tertiary/aromatic N) is 3. The predicted octanol–water partition coefficient (Wildman–Crippen LogP) is 4.27. The van der Waals surface area contributed by atoms with E-state index in [-0.39, 0.29) is 0 Å². The summed E-state index contributed by atoms with van der Waals surface area (Å²) in [6.07, 6.45) is 4.64. The van der Waals surface area contributed by atoms with E-state index in [1.54, 1.807) is 17.5 Å². The molecule has 0 atom stereocenters. The van der Waals surface area contributed by atoms with Crippen molar-refractivity contribution in [3.8, 4) is 0 Å². The fraction of sp³-hybridized carbons (Fsp3) is 0.318. The summed E-state index contributed by atoms with van der Waals surface area (Å²) in [7, 11) is 0. The highest BCUT2D eigenvalue weighted by molar-refractivity contribution is 7.09. The molecular formula is C22H26ClN5S. The predicted molar refractivity (Wildman–Crippen MR) is 122 cm³/mol. The lowest BCUT2D eigenvalue weighted by atomic mass is 10.1. The highest BCUT2D eigenvalue weighted by Crippen LogP contribution is 2.14. The van der Waals surface area contributed by atoms with Gasteiger partial charge in [0, 0.05) is 31.1 Å². The van der Waals surface area contributed by atoms with Gasteiger partial charge in [-0.15, -0.1) is 11.3 Å². The monoisotopic (exact) mass is 427 g/mol. The van der Waals surface area contributed by atoms with E-state index < -0.39 is 0 Å². The summed E-state index contributed by atoms with van der Waals surface area (Å²) in [5, 5.41) is 10.4. The van der Waals surface area contributed by atoms with Crippen LogP contribution < -0.4 is 10.6 Å². The number of guanidine groups is 1. The van der Waals surface area contributed by atoms with Crippen molar-refractivity contribution >= 4 is 28.9 Å². The second kappa shape index (κ2) is 11.5. The Balaban J connectivity index is 1.47. The van der Waals surface area contributed by atoms with Crippen LogP contribution in [0.3, 0.4) is 0 Å². The first-order valence-electron chi connectivity index (χ1n) is 9.82. The number of halogens is 1. The molecule has 0 radical (unpaired) electrons. The third-order valence-corrected chi connectivity index (χ3v) is 5.49. The number of hydrogen-bond donors (Lipinski definition) is 2.